The third-order valence-corrected chi connectivity index (χ3v) is 7.86. The fraction of sp³-hybridized carbons (Fsp3) is 0.500. The van der Waals surface area contributed by atoms with Crippen molar-refractivity contribution in [2.45, 2.75) is 69.9 Å². The zero-order valence-corrected chi connectivity index (χ0v) is 20.5. The van der Waals surface area contributed by atoms with Crippen molar-refractivity contribution in [3.8, 4) is 16.9 Å². The highest BCUT2D eigenvalue weighted by atomic mass is 32.2. The zero-order valence-electron chi connectivity index (χ0n) is 19.7. The van der Waals surface area contributed by atoms with Crippen LogP contribution < -0.4 is 15.0 Å². The molecule has 0 bridgehead atoms. The summed E-state index contributed by atoms with van der Waals surface area (Å²) in [4.78, 5) is 24.6. The van der Waals surface area contributed by atoms with Gasteiger partial charge in [-0.05, 0) is 49.8 Å². The van der Waals surface area contributed by atoms with Gasteiger partial charge in [0, 0.05) is 37.1 Å². The number of halogens is 1. The van der Waals surface area contributed by atoms with Crippen LogP contribution >= 0.6 is 0 Å². The molecule has 0 radical (unpaired) electrons. The highest BCUT2D eigenvalue weighted by Crippen LogP contribution is 2.34. The lowest BCUT2D eigenvalue weighted by Gasteiger charge is -2.28. The van der Waals surface area contributed by atoms with Gasteiger partial charge < -0.3 is 14.9 Å². The van der Waals surface area contributed by atoms with Gasteiger partial charge in [-0.2, -0.15) is 0 Å². The van der Waals surface area contributed by atoms with Gasteiger partial charge in [-0.3, -0.25) is 14.2 Å². The number of hydrogen-bond donors (Lipinski definition) is 3. The van der Waals surface area contributed by atoms with Crippen LogP contribution in [-0.2, 0) is 19.9 Å². The summed E-state index contributed by atoms with van der Waals surface area (Å²) >= 11 is 0. The van der Waals surface area contributed by atoms with E-state index in [-0.39, 0.29) is 18.1 Å². The van der Waals surface area contributed by atoms with E-state index in [0.717, 1.165) is 19.2 Å². The number of benzene rings is 1. The summed E-state index contributed by atoms with van der Waals surface area (Å²) in [5.74, 6) is -0.950. The van der Waals surface area contributed by atoms with Crippen LogP contribution in [0.3, 0.4) is 0 Å². The Morgan fingerprint density at radius 1 is 1.26 bits per heavy atom. The molecule has 11 heteroatoms. The van der Waals surface area contributed by atoms with E-state index in [1.165, 1.54) is 6.07 Å². The molecule has 0 saturated heterocycles. The summed E-state index contributed by atoms with van der Waals surface area (Å²) in [7, 11) is -4.65. The minimum atomic E-state index is -4.65. The number of alkyl halides is 1. The van der Waals surface area contributed by atoms with E-state index in [0.29, 0.717) is 47.8 Å². The second-order valence-corrected chi connectivity index (χ2v) is 10.9. The predicted molar refractivity (Wildman–Crippen MR) is 127 cm³/mol. The summed E-state index contributed by atoms with van der Waals surface area (Å²) < 4.78 is 48.0. The van der Waals surface area contributed by atoms with Gasteiger partial charge in [0.1, 0.15) is 5.75 Å². The van der Waals surface area contributed by atoms with Crippen LogP contribution in [0, 0.1) is 5.92 Å². The van der Waals surface area contributed by atoms with Crippen LogP contribution in [0.4, 0.5) is 4.39 Å². The number of para-hydroxylation sites is 1. The summed E-state index contributed by atoms with van der Waals surface area (Å²) in [6.07, 6.45) is 1.44. The topological polar surface area (TPSA) is 135 Å². The van der Waals surface area contributed by atoms with Crippen LogP contribution in [-0.4, -0.2) is 41.6 Å². The van der Waals surface area contributed by atoms with E-state index in [9.17, 15) is 32.6 Å². The molecule has 1 aliphatic carbocycles. The number of nitrogens with one attached hydrogen (secondary N) is 1. The third kappa shape index (κ3) is 6.09. The molecule has 0 unspecified atom stereocenters. The highest BCUT2D eigenvalue weighted by molar-refractivity contribution is 7.90. The van der Waals surface area contributed by atoms with Gasteiger partial charge in [0.2, 0.25) is 12.3 Å². The number of nitrogens with zero attached hydrogens (tertiary/aromatic N) is 1. The van der Waals surface area contributed by atoms with Crippen LogP contribution in [0.1, 0.15) is 52.4 Å². The number of carbonyl (C=O) groups is 1. The van der Waals surface area contributed by atoms with Gasteiger partial charge in [-0.25, -0.2) is 17.5 Å². The Morgan fingerprint density at radius 2 is 1.91 bits per heavy atom. The summed E-state index contributed by atoms with van der Waals surface area (Å²) in [5.41, 5.74) is -0.112. The number of amides is 1. The van der Waals surface area contributed by atoms with E-state index >= 15 is 0 Å². The molecule has 0 aliphatic heterocycles. The van der Waals surface area contributed by atoms with Crippen molar-refractivity contribution in [1.82, 2.24) is 9.29 Å². The van der Waals surface area contributed by atoms with Crippen LogP contribution in [0.5, 0.6) is 5.75 Å². The van der Waals surface area contributed by atoms with Crippen molar-refractivity contribution in [2.24, 2.45) is 5.92 Å². The number of carbonyl (C=O) groups excluding carboxylic acids is 1. The summed E-state index contributed by atoms with van der Waals surface area (Å²) in [6.45, 7) is 2.58. The SMILES string of the molecule is CCCC(=O)NS(=O)(=O)[C@@](C)(O)n1ccc(-c2ccccc2O[C@H](F)C2CCC(O)CC2)cc1=O. The standard InChI is InChI=1S/C24H31FN2O7S/c1-3-6-21(29)26-35(32,33)24(2,31)27-14-13-17(15-22(27)30)19-7-4-5-8-20(19)34-23(25)16-9-11-18(28)12-10-16/h4-5,7-8,13-16,18,23,28,31H,3,6,9-12H2,1-2H3,(H,26,29)/t16?,18?,23-,24+/m0/s1. The van der Waals surface area contributed by atoms with E-state index in [1.54, 1.807) is 35.9 Å². The Balaban J connectivity index is 1.86. The lowest BCUT2D eigenvalue weighted by molar-refractivity contribution is -0.119. The van der Waals surface area contributed by atoms with Crippen molar-refractivity contribution in [2.75, 3.05) is 0 Å². The molecule has 1 fully saturated rings. The Kier molecular flexibility index (Phi) is 8.34. The third-order valence-electron chi connectivity index (χ3n) is 6.15. The van der Waals surface area contributed by atoms with Gasteiger partial charge in [0.25, 0.3) is 20.6 Å². The number of hydrogen-bond acceptors (Lipinski definition) is 7. The Hall–Kier alpha value is -2.76. The maximum atomic E-state index is 14.9. The van der Waals surface area contributed by atoms with Gasteiger partial charge in [-0.1, -0.05) is 25.1 Å². The minimum Gasteiger partial charge on any atom is -0.459 e. The fourth-order valence-electron chi connectivity index (χ4n) is 4.03. The van der Waals surface area contributed by atoms with Crippen molar-refractivity contribution in [1.29, 1.82) is 0 Å². The first-order valence-corrected chi connectivity index (χ1v) is 13.0. The molecule has 1 aromatic heterocycles. The first-order valence-electron chi connectivity index (χ1n) is 11.5. The second kappa shape index (κ2) is 10.9. The molecular weight excluding hydrogens is 479 g/mol. The maximum absolute atomic E-state index is 14.9. The van der Waals surface area contributed by atoms with Gasteiger partial charge in [0.05, 0.1) is 6.10 Å². The van der Waals surface area contributed by atoms with Crippen molar-refractivity contribution in [3.63, 3.8) is 0 Å². The number of pyridine rings is 1. The first kappa shape index (κ1) is 26.8. The molecule has 1 heterocycles. The maximum Gasteiger partial charge on any atom is 0.285 e. The monoisotopic (exact) mass is 510 g/mol. The molecule has 35 heavy (non-hydrogen) atoms. The number of aliphatic hydroxyl groups is 2. The van der Waals surface area contributed by atoms with Gasteiger partial charge >= 0.3 is 0 Å². The smallest absolute Gasteiger partial charge is 0.285 e. The predicted octanol–water partition coefficient (Wildman–Crippen LogP) is 2.61. The molecule has 3 rings (SSSR count). The molecule has 0 spiro atoms. The molecule has 9 nitrogen and oxygen atoms in total. The van der Waals surface area contributed by atoms with Gasteiger partial charge in [0.15, 0.2) is 0 Å². The molecule has 1 aromatic carbocycles. The molecule has 2 aromatic rings. The molecule has 3 N–H and O–H groups in total. The minimum absolute atomic E-state index is 0.0586. The second-order valence-electron chi connectivity index (χ2n) is 8.87. The van der Waals surface area contributed by atoms with Crippen molar-refractivity contribution >= 4 is 15.9 Å². The molecule has 1 aliphatic rings. The summed E-state index contributed by atoms with van der Waals surface area (Å²) in [5, 5.41) is 17.6. The zero-order chi connectivity index (χ0) is 25.8. The fourth-order valence-corrected chi connectivity index (χ4v) is 5.04. The molecular formula is C24H31FN2O7S. The molecule has 192 valence electrons. The number of rotatable bonds is 9. The lowest BCUT2D eigenvalue weighted by Crippen LogP contribution is -2.51. The van der Waals surface area contributed by atoms with Crippen LogP contribution in [0.2, 0.25) is 0 Å². The van der Waals surface area contributed by atoms with Gasteiger partial charge in [-0.15, -0.1) is 0 Å². The van der Waals surface area contributed by atoms with E-state index in [4.69, 9.17) is 4.74 Å². The van der Waals surface area contributed by atoms with Crippen molar-refractivity contribution in [3.05, 3.63) is 52.9 Å². The van der Waals surface area contributed by atoms with Crippen molar-refractivity contribution < 1.29 is 32.6 Å². The average Bonchev–Trinajstić information content (AvgIpc) is 2.79. The number of ether oxygens (including phenoxy) is 1. The Bertz CT molecular complexity index is 1200. The van der Waals surface area contributed by atoms with E-state index in [1.807, 2.05) is 0 Å². The first-order chi connectivity index (χ1) is 16.5. The Morgan fingerprint density at radius 3 is 2.54 bits per heavy atom. The molecule has 1 amide bonds. The van der Waals surface area contributed by atoms with Crippen LogP contribution in [0.25, 0.3) is 11.1 Å². The number of aromatic nitrogens is 1. The number of aliphatic hydroxyl groups excluding tert-OH is 1. The van der Waals surface area contributed by atoms with Crippen LogP contribution in [0.15, 0.2) is 47.4 Å². The number of sulfonamides is 1. The largest absolute Gasteiger partial charge is 0.459 e. The summed E-state index contributed by atoms with van der Waals surface area (Å²) in [6, 6.07) is 9.03. The Labute approximate surface area is 203 Å². The molecule has 2 atom stereocenters. The normalized spacial score (nSPS) is 21.1. The molecule has 1 saturated carbocycles. The van der Waals surface area contributed by atoms with E-state index < -0.39 is 39.0 Å². The van der Waals surface area contributed by atoms with E-state index in [2.05, 4.69) is 0 Å². The lowest BCUT2D eigenvalue weighted by atomic mass is 9.87. The average molecular weight is 511 g/mol. The quantitative estimate of drug-likeness (QED) is 0.472. The highest BCUT2D eigenvalue weighted by Gasteiger charge is 2.41.